The largest absolute Gasteiger partial charge is 0.481 e. The zero-order valence-electron chi connectivity index (χ0n) is 9.32. The van der Waals surface area contributed by atoms with Crippen molar-refractivity contribution in [2.75, 3.05) is 13.1 Å². The molecule has 2 unspecified atom stereocenters. The summed E-state index contributed by atoms with van der Waals surface area (Å²) in [4.78, 5) is 21.9. The summed E-state index contributed by atoms with van der Waals surface area (Å²) in [6.45, 7) is 4.33. The Balaban J connectivity index is 3.83. The molecule has 4 N–H and O–H groups in total. The molecule has 0 bridgehead atoms. The molecule has 0 spiro atoms. The highest BCUT2D eigenvalue weighted by Crippen LogP contribution is 2.02. The second-order valence-corrected chi connectivity index (χ2v) is 3.79. The molecule has 1 amide bonds. The van der Waals surface area contributed by atoms with Gasteiger partial charge in [-0.1, -0.05) is 13.8 Å². The molecule has 5 nitrogen and oxygen atoms in total. The molecule has 0 aliphatic carbocycles. The van der Waals surface area contributed by atoms with Crippen LogP contribution in [0.5, 0.6) is 0 Å². The number of aliphatic carboxylic acids is 1. The molecular formula is C10H20N2O3. The fourth-order valence-corrected chi connectivity index (χ4v) is 1.12. The number of nitrogens with one attached hydrogen (secondary N) is 1. The summed E-state index contributed by atoms with van der Waals surface area (Å²) in [6, 6.07) is 0. The van der Waals surface area contributed by atoms with Crippen LogP contribution in [-0.2, 0) is 9.59 Å². The van der Waals surface area contributed by atoms with E-state index in [0.717, 1.165) is 0 Å². The molecule has 0 fully saturated rings. The van der Waals surface area contributed by atoms with E-state index >= 15 is 0 Å². The molecular weight excluding hydrogens is 196 g/mol. The van der Waals surface area contributed by atoms with Gasteiger partial charge in [-0.2, -0.15) is 0 Å². The Morgan fingerprint density at radius 1 is 1.47 bits per heavy atom. The van der Waals surface area contributed by atoms with E-state index in [1.54, 1.807) is 6.92 Å². The normalized spacial score (nSPS) is 14.3. The first-order valence-corrected chi connectivity index (χ1v) is 5.20. The summed E-state index contributed by atoms with van der Waals surface area (Å²) in [5.74, 6) is -1.37. The van der Waals surface area contributed by atoms with E-state index < -0.39 is 11.9 Å². The van der Waals surface area contributed by atoms with E-state index in [1.165, 1.54) is 0 Å². The quantitative estimate of drug-likeness (QED) is 0.566. The molecule has 15 heavy (non-hydrogen) atoms. The second-order valence-electron chi connectivity index (χ2n) is 3.79. The number of hydrogen-bond acceptors (Lipinski definition) is 3. The van der Waals surface area contributed by atoms with Crippen LogP contribution in [0.15, 0.2) is 0 Å². The van der Waals surface area contributed by atoms with Crippen molar-refractivity contribution in [3.05, 3.63) is 0 Å². The number of carbonyl (C=O) groups is 2. The average molecular weight is 216 g/mol. The SMILES string of the molecule is CCC(CNC(=O)CC(C)CN)C(=O)O. The standard InChI is InChI=1S/C10H20N2O3/c1-3-8(10(14)15)6-12-9(13)4-7(2)5-11/h7-8H,3-6,11H2,1-2H3,(H,12,13)(H,14,15). The van der Waals surface area contributed by atoms with Gasteiger partial charge in [-0.15, -0.1) is 0 Å². The first kappa shape index (κ1) is 13.9. The van der Waals surface area contributed by atoms with Crippen LogP contribution < -0.4 is 11.1 Å². The van der Waals surface area contributed by atoms with Gasteiger partial charge in [0.25, 0.3) is 0 Å². The maximum absolute atomic E-state index is 11.3. The molecule has 5 heteroatoms. The van der Waals surface area contributed by atoms with Crippen LogP contribution in [0.3, 0.4) is 0 Å². The topological polar surface area (TPSA) is 92.4 Å². The van der Waals surface area contributed by atoms with E-state index in [1.807, 2.05) is 6.92 Å². The molecule has 0 radical (unpaired) electrons. The van der Waals surface area contributed by atoms with Gasteiger partial charge in [0, 0.05) is 13.0 Å². The zero-order valence-corrected chi connectivity index (χ0v) is 9.32. The van der Waals surface area contributed by atoms with Crippen molar-refractivity contribution in [3.8, 4) is 0 Å². The van der Waals surface area contributed by atoms with Crippen LogP contribution in [-0.4, -0.2) is 30.1 Å². The molecule has 2 atom stereocenters. The Hall–Kier alpha value is -1.10. The van der Waals surface area contributed by atoms with Crippen LogP contribution in [0, 0.1) is 11.8 Å². The van der Waals surface area contributed by atoms with Crippen LogP contribution in [0.4, 0.5) is 0 Å². The highest BCUT2D eigenvalue weighted by molar-refractivity contribution is 5.77. The Morgan fingerprint density at radius 3 is 2.47 bits per heavy atom. The Kier molecular flexibility index (Phi) is 6.70. The van der Waals surface area contributed by atoms with Gasteiger partial charge in [-0.3, -0.25) is 9.59 Å². The third-order valence-electron chi connectivity index (χ3n) is 2.32. The lowest BCUT2D eigenvalue weighted by Gasteiger charge is -2.12. The molecule has 0 heterocycles. The monoisotopic (exact) mass is 216 g/mol. The maximum Gasteiger partial charge on any atom is 0.308 e. The number of amides is 1. The highest BCUT2D eigenvalue weighted by Gasteiger charge is 2.16. The van der Waals surface area contributed by atoms with E-state index in [9.17, 15) is 9.59 Å². The van der Waals surface area contributed by atoms with Crippen molar-refractivity contribution < 1.29 is 14.7 Å². The van der Waals surface area contributed by atoms with Crippen molar-refractivity contribution in [2.24, 2.45) is 17.6 Å². The van der Waals surface area contributed by atoms with Crippen LogP contribution >= 0.6 is 0 Å². The Morgan fingerprint density at radius 2 is 2.07 bits per heavy atom. The summed E-state index contributed by atoms with van der Waals surface area (Å²) >= 11 is 0. The van der Waals surface area contributed by atoms with E-state index in [0.29, 0.717) is 19.4 Å². The molecule has 0 aliphatic rings. The van der Waals surface area contributed by atoms with Crippen LogP contribution in [0.25, 0.3) is 0 Å². The lowest BCUT2D eigenvalue weighted by molar-refractivity contribution is -0.141. The Labute approximate surface area is 90.0 Å². The third kappa shape index (κ3) is 6.06. The number of hydrogen-bond donors (Lipinski definition) is 3. The summed E-state index contributed by atoms with van der Waals surface area (Å²) in [7, 11) is 0. The lowest BCUT2D eigenvalue weighted by atomic mass is 10.1. The van der Waals surface area contributed by atoms with Gasteiger partial charge in [-0.25, -0.2) is 0 Å². The van der Waals surface area contributed by atoms with Crippen molar-refractivity contribution in [2.45, 2.75) is 26.7 Å². The zero-order chi connectivity index (χ0) is 11.8. The minimum absolute atomic E-state index is 0.132. The fourth-order valence-electron chi connectivity index (χ4n) is 1.12. The van der Waals surface area contributed by atoms with Gasteiger partial charge >= 0.3 is 5.97 Å². The predicted octanol–water partition coefficient (Wildman–Crippen LogP) is 0.198. The summed E-state index contributed by atoms with van der Waals surface area (Å²) in [6.07, 6.45) is 0.870. The summed E-state index contributed by atoms with van der Waals surface area (Å²) in [5.41, 5.74) is 5.38. The Bertz CT molecular complexity index is 219. The molecule has 0 rings (SSSR count). The molecule has 88 valence electrons. The third-order valence-corrected chi connectivity index (χ3v) is 2.32. The number of carbonyl (C=O) groups excluding carboxylic acids is 1. The van der Waals surface area contributed by atoms with Gasteiger partial charge in [0.1, 0.15) is 0 Å². The van der Waals surface area contributed by atoms with E-state index in [-0.39, 0.29) is 18.4 Å². The van der Waals surface area contributed by atoms with Crippen molar-refractivity contribution in [1.82, 2.24) is 5.32 Å². The number of rotatable bonds is 7. The first-order valence-electron chi connectivity index (χ1n) is 5.20. The average Bonchev–Trinajstić information content (AvgIpc) is 2.17. The first-order chi connectivity index (χ1) is 7.01. The molecule has 0 aromatic rings. The number of carboxylic acids is 1. The minimum atomic E-state index is -0.871. The summed E-state index contributed by atoms with van der Waals surface area (Å²) in [5, 5.41) is 11.3. The fraction of sp³-hybridized carbons (Fsp3) is 0.800. The van der Waals surface area contributed by atoms with E-state index in [4.69, 9.17) is 10.8 Å². The molecule has 0 aromatic carbocycles. The lowest BCUT2D eigenvalue weighted by Crippen LogP contribution is -2.34. The molecule has 0 saturated heterocycles. The van der Waals surface area contributed by atoms with Gasteiger partial charge in [0.05, 0.1) is 5.92 Å². The van der Waals surface area contributed by atoms with Crippen molar-refractivity contribution >= 4 is 11.9 Å². The predicted molar refractivity (Wildman–Crippen MR) is 57.3 cm³/mol. The minimum Gasteiger partial charge on any atom is -0.481 e. The van der Waals surface area contributed by atoms with Gasteiger partial charge < -0.3 is 16.2 Å². The van der Waals surface area contributed by atoms with Gasteiger partial charge in [0.2, 0.25) is 5.91 Å². The maximum atomic E-state index is 11.3. The number of nitrogens with two attached hydrogens (primary N) is 1. The summed E-state index contributed by atoms with van der Waals surface area (Å²) < 4.78 is 0. The van der Waals surface area contributed by atoms with Gasteiger partial charge in [-0.05, 0) is 18.9 Å². The molecule has 0 aliphatic heterocycles. The second kappa shape index (κ2) is 7.23. The number of carboxylic acid groups (broad SMARTS) is 1. The van der Waals surface area contributed by atoms with Crippen LogP contribution in [0.1, 0.15) is 26.7 Å². The molecule has 0 saturated carbocycles. The van der Waals surface area contributed by atoms with Crippen molar-refractivity contribution in [3.63, 3.8) is 0 Å². The smallest absolute Gasteiger partial charge is 0.308 e. The van der Waals surface area contributed by atoms with Crippen molar-refractivity contribution in [1.29, 1.82) is 0 Å². The van der Waals surface area contributed by atoms with E-state index in [2.05, 4.69) is 5.32 Å². The highest BCUT2D eigenvalue weighted by atomic mass is 16.4. The molecule has 0 aromatic heterocycles. The van der Waals surface area contributed by atoms with Crippen LogP contribution in [0.2, 0.25) is 0 Å². The van der Waals surface area contributed by atoms with Gasteiger partial charge in [0.15, 0.2) is 0 Å².